The predicted molar refractivity (Wildman–Crippen MR) is 92.9 cm³/mol. The van der Waals surface area contributed by atoms with E-state index in [1.54, 1.807) is 30.3 Å². The van der Waals surface area contributed by atoms with Gasteiger partial charge in [-0.15, -0.1) is 0 Å². The van der Waals surface area contributed by atoms with Gasteiger partial charge in [-0.1, -0.05) is 24.3 Å². The Labute approximate surface area is 144 Å². The molecule has 0 radical (unpaired) electrons. The summed E-state index contributed by atoms with van der Waals surface area (Å²) >= 11 is 4.20. The van der Waals surface area contributed by atoms with E-state index in [9.17, 15) is 9.59 Å². The number of carbonyl (C=O) groups is 2. The largest absolute Gasteiger partial charge is 0.454 e. The molecule has 0 unspecified atom stereocenters. The Morgan fingerprint density at radius 3 is 2.45 bits per heavy atom. The minimum absolute atomic E-state index is 0.206. The summed E-state index contributed by atoms with van der Waals surface area (Å²) in [5.74, 6) is -0.684. The second-order valence-electron chi connectivity index (χ2n) is 3.99. The van der Waals surface area contributed by atoms with Crippen LogP contribution >= 0.6 is 45.2 Å². The lowest BCUT2D eigenvalue weighted by molar-refractivity contribution is 0.0473. The van der Waals surface area contributed by atoms with E-state index >= 15 is 0 Å². The molecule has 102 valence electrons. The number of carbonyl (C=O) groups excluding carboxylic acids is 2. The van der Waals surface area contributed by atoms with Gasteiger partial charge in [0.05, 0.1) is 5.56 Å². The summed E-state index contributed by atoms with van der Waals surface area (Å²) < 4.78 is 6.84. The van der Waals surface area contributed by atoms with E-state index in [-0.39, 0.29) is 12.4 Å². The van der Waals surface area contributed by atoms with Crippen LogP contribution in [-0.4, -0.2) is 18.4 Å². The van der Waals surface area contributed by atoms with Crippen LogP contribution in [0.25, 0.3) is 0 Å². The molecule has 2 aromatic carbocycles. The van der Waals surface area contributed by atoms with Crippen LogP contribution < -0.4 is 0 Å². The second kappa shape index (κ2) is 7.16. The van der Waals surface area contributed by atoms with Gasteiger partial charge >= 0.3 is 5.97 Å². The topological polar surface area (TPSA) is 43.4 Å². The maximum atomic E-state index is 11.9. The van der Waals surface area contributed by atoms with Crippen molar-refractivity contribution in [2.45, 2.75) is 0 Å². The van der Waals surface area contributed by atoms with Crippen molar-refractivity contribution in [3.63, 3.8) is 0 Å². The van der Waals surface area contributed by atoms with Crippen molar-refractivity contribution in [3.05, 3.63) is 66.8 Å². The molecule has 0 bridgehead atoms. The lowest BCUT2D eigenvalue weighted by Gasteiger charge is -2.06. The zero-order valence-corrected chi connectivity index (χ0v) is 14.6. The fourth-order valence-corrected chi connectivity index (χ4v) is 2.73. The molecular formula is C15H10I2O3. The number of rotatable bonds is 4. The van der Waals surface area contributed by atoms with Crippen molar-refractivity contribution >= 4 is 56.9 Å². The Hall–Kier alpha value is -0.960. The molecule has 0 spiro atoms. The van der Waals surface area contributed by atoms with E-state index in [2.05, 4.69) is 45.2 Å². The molecule has 2 aromatic rings. The van der Waals surface area contributed by atoms with E-state index in [1.165, 1.54) is 0 Å². The summed E-state index contributed by atoms with van der Waals surface area (Å²) in [5, 5.41) is 0. The molecule has 5 heteroatoms. The van der Waals surface area contributed by atoms with Gasteiger partial charge in [-0.25, -0.2) is 4.79 Å². The quantitative estimate of drug-likeness (QED) is 0.370. The number of benzene rings is 2. The number of esters is 1. The zero-order chi connectivity index (χ0) is 14.5. The lowest BCUT2D eigenvalue weighted by Crippen LogP contribution is -2.15. The zero-order valence-electron chi connectivity index (χ0n) is 10.3. The normalized spacial score (nSPS) is 10.1. The highest BCUT2D eigenvalue weighted by atomic mass is 127. The first kappa shape index (κ1) is 15.4. The van der Waals surface area contributed by atoms with Gasteiger partial charge in [0.25, 0.3) is 0 Å². The van der Waals surface area contributed by atoms with E-state index in [0.29, 0.717) is 11.1 Å². The van der Waals surface area contributed by atoms with E-state index in [1.807, 2.05) is 18.2 Å². The standard InChI is InChI=1S/C15H10I2O3/c16-11-5-3-4-10(8-11)14(18)9-20-15(19)12-6-1-2-7-13(12)17/h1-8H,9H2. The molecule has 0 amide bonds. The first-order valence-corrected chi connectivity index (χ1v) is 7.94. The average Bonchev–Trinajstić information content (AvgIpc) is 2.45. The summed E-state index contributed by atoms with van der Waals surface area (Å²) in [5.41, 5.74) is 1.02. The van der Waals surface area contributed by atoms with Crippen LogP contribution in [0.2, 0.25) is 0 Å². The molecule has 20 heavy (non-hydrogen) atoms. The van der Waals surface area contributed by atoms with Crippen molar-refractivity contribution in [1.82, 2.24) is 0 Å². The highest BCUT2D eigenvalue weighted by Gasteiger charge is 2.13. The minimum atomic E-state index is -0.478. The maximum absolute atomic E-state index is 11.9. The van der Waals surface area contributed by atoms with Crippen LogP contribution in [0.1, 0.15) is 20.7 Å². The lowest BCUT2D eigenvalue weighted by atomic mass is 10.1. The van der Waals surface area contributed by atoms with E-state index in [4.69, 9.17) is 4.74 Å². The molecule has 0 fully saturated rings. The van der Waals surface area contributed by atoms with Crippen LogP contribution in [0.15, 0.2) is 48.5 Å². The minimum Gasteiger partial charge on any atom is -0.454 e. The van der Waals surface area contributed by atoms with Crippen LogP contribution in [-0.2, 0) is 4.74 Å². The Balaban J connectivity index is 2.01. The van der Waals surface area contributed by atoms with Gasteiger partial charge in [0.1, 0.15) is 0 Å². The van der Waals surface area contributed by atoms with Crippen molar-refractivity contribution in [1.29, 1.82) is 0 Å². The summed E-state index contributed by atoms with van der Waals surface area (Å²) in [7, 11) is 0. The van der Waals surface area contributed by atoms with E-state index < -0.39 is 5.97 Å². The summed E-state index contributed by atoms with van der Waals surface area (Å²) in [6.45, 7) is -0.246. The van der Waals surface area contributed by atoms with Crippen LogP contribution in [0, 0.1) is 7.14 Å². The predicted octanol–water partition coefficient (Wildman–Crippen LogP) is 3.94. The molecular weight excluding hydrogens is 482 g/mol. The summed E-state index contributed by atoms with van der Waals surface area (Å²) in [6.07, 6.45) is 0. The van der Waals surface area contributed by atoms with Crippen LogP contribution in [0.5, 0.6) is 0 Å². The van der Waals surface area contributed by atoms with Crippen molar-refractivity contribution in [2.75, 3.05) is 6.61 Å². The van der Waals surface area contributed by atoms with Crippen molar-refractivity contribution in [3.8, 4) is 0 Å². The molecule has 0 heterocycles. The third-order valence-electron chi connectivity index (χ3n) is 2.57. The van der Waals surface area contributed by atoms with Gasteiger partial charge in [0.15, 0.2) is 12.4 Å². The number of halogens is 2. The molecule has 3 nitrogen and oxygen atoms in total. The first-order valence-electron chi connectivity index (χ1n) is 5.78. The van der Waals surface area contributed by atoms with Crippen molar-refractivity contribution < 1.29 is 14.3 Å². The highest BCUT2D eigenvalue weighted by Crippen LogP contribution is 2.13. The SMILES string of the molecule is O=C(COC(=O)c1ccccc1I)c1cccc(I)c1. The fourth-order valence-electron chi connectivity index (χ4n) is 1.58. The van der Waals surface area contributed by atoms with Gasteiger partial charge in [0.2, 0.25) is 0 Å². The highest BCUT2D eigenvalue weighted by molar-refractivity contribution is 14.1. The number of hydrogen-bond acceptors (Lipinski definition) is 3. The summed E-state index contributed by atoms with van der Waals surface area (Å²) in [6, 6.07) is 14.3. The molecule has 0 atom stereocenters. The second-order valence-corrected chi connectivity index (χ2v) is 6.40. The Bertz CT molecular complexity index is 653. The number of hydrogen-bond donors (Lipinski definition) is 0. The molecule has 0 aliphatic rings. The Kier molecular flexibility index (Phi) is 5.53. The monoisotopic (exact) mass is 492 g/mol. The average molecular weight is 492 g/mol. The van der Waals surface area contributed by atoms with Gasteiger partial charge in [-0.2, -0.15) is 0 Å². The number of Topliss-reactive ketones (excluding diaryl/α,β-unsaturated/α-hetero) is 1. The summed E-state index contributed by atoms with van der Waals surface area (Å²) in [4.78, 5) is 23.8. The Morgan fingerprint density at radius 2 is 1.75 bits per heavy atom. The Morgan fingerprint density at radius 1 is 1.00 bits per heavy atom. The molecule has 0 aliphatic carbocycles. The molecule has 0 aliphatic heterocycles. The maximum Gasteiger partial charge on any atom is 0.339 e. The first-order chi connectivity index (χ1) is 9.58. The number of ether oxygens (including phenoxy) is 1. The third kappa shape index (κ3) is 4.02. The molecule has 0 aromatic heterocycles. The number of ketones is 1. The fraction of sp³-hybridized carbons (Fsp3) is 0.0667. The van der Waals surface area contributed by atoms with Gasteiger partial charge in [-0.3, -0.25) is 4.79 Å². The van der Waals surface area contributed by atoms with Crippen LogP contribution in [0.3, 0.4) is 0 Å². The molecule has 0 saturated heterocycles. The van der Waals surface area contributed by atoms with Gasteiger partial charge in [0, 0.05) is 12.7 Å². The van der Waals surface area contributed by atoms with Crippen LogP contribution in [0.4, 0.5) is 0 Å². The smallest absolute Gasteiger partial charge is 0.339 e. The molecule has 0 saturated carbocycles. The third-order valence-corrected chi connectivity index (χ3v) is 4.19. The van der Waals surface area contributed by atoms with Crippen molar-refractivity contribution in [2.24, 2.45) is 0 Å². The van der Waals surface area contributed by atoms with Gasteiger partial charge in [-0.05, 0) is 69.4 Å². The molecule has 2 rings (SSSR count). The van der Waals surface area contributed by atoms with E-state index in [0.717, 1.165) is 7.14 Å². The van der Waals surface area contributed by atoms with Gasteiger partial charge < -0.3 is 4.74 Å². The molecule has 0 N–H and O–H groups in total.